The quantitative estimate of drug-likeness (QED) is 0.843. The second-order valence-electron chi connectivity index (χ2n) is 6.44. The maximum atomic E-state index is 9.52. The number of aromatic amines is 1. The highest BCUT2D eigenvalue weighted by Crippen LogP contribution is 2.45. The highest BCUT2D eigenvalue weighted by molar-refractivity contribution is 5.54. The number of nitrogens with zero attached hydrogens (tertiary/aromatic N) is 2. The van der Waals surface area contributed by atoms with Gasteiger partial charge in [0, 0.05) is 11.1 Å². The van der Waals surface area contributed by atoms with E-state index < -0.39 is 5.92 Å². The van der Waals surface area contributed by atoms with Crippen LogP contribution in [0.5, 0.6) is 5.88 Å². The van der Waals surface area contributed by atoms with E-state index in [1.807, 2.05) is 19.1 Å². The fraction of sp³-hybridized carbons (Fsp3) is 0.375. The molecule has 0 aromatic carbocycles. The Morgan fingerprint density at radius 1 is 1.36 bits per heavy atom. The van der Waals surface area contributed by atoms with Gasteiger partial charge in [-0.05, 0) is 19.1 Å². The van der Waals surface area contributed by atoms with E-state index in [-0.39, 0.29) is 11.3 Å². The van der Waals surface area contributed by atoms with Gasteiger partial charge >= 0.3 is 0 Å². The molecule has 114 valence electrons. The Bertz CT molecular complexity index is 799. The van der Waals surface area contributed by atoms with Crippen molar-refractivity contribution < 1.29 is 9.15 Å². The number of ether oxygens (including phenoxy) is 1. The number of allylic oxidation sites excluding steroid dienone is 1. The van der Waals surface area contributed by atoms with Crippen LogP contribution in [0.4, 0.5) is 0 Å². The van der Waals surface area contributed by atoms with Crippen LogP contribution in [0.1, 0.15) is 49.5 Å². The van der Waals surface area contributed by atoms with Gasteiger partial charge in [0.15, 0.2) is 0 Å². The maximum Gasteiger partial charge on any atom is 0.244 e. The van der Waals surface area contributed by atoms with Crippen LogP contribution in [0, 0.1) is 18.3 Å². The summed E-state index contributed by atoms with van der Waals surface area (Å²) < 4.78 is 11.3. The van der Waals surface area contributed by atoms with Crippen molar-refractivity contribution in [1.82, 2.24) is 10.2 Å². The Kier molecular flexibility index (Phi) is 3.03. The molecule has 2 aromatic rings. The monoisotopic (exact) mass is 298 g/mol. The molecular weight excluding hydrogens is 280 g/mol. The summed E-state index contributed by atoms with van der Waals surface area (Å²) in [4.78, 5) is 0. The zero-order chi connectivity index (χ0) is 16.1. The van der Waals surface area contributed by atoms with Crippen molar-refractivity contribution in [2.24, 2.45) is 5.73 Å². The molecule has 0 radical (unpaired) electrons. The first-order chi connectivity index (χ1) is 10.3. The van der Waals surface area contributed by atoms with Crippen LogP contribution >= 0.6 is 0 Å². The summed E-state index contributed by atoms with van der Waals surface area (Å²) in [5.41, 5.74) is 7.77. The van der Waals surface area contributed by atoms with Crippen molar-refractivity contribution in [3.05, 3.63) is 46.4 Å². The summed E-state index contributed by atoms with van der Waals surface area (Å²) in [6, 6.07) is 5.88. The number of fused-ring (bicyclic) bond motifs is 1. The molecule has 0 bridgehead atoms. The number of rotatable bonds is 1. The van der Waals surface area contributed by atoms with Gasteiger partial charge in [0.05, 0.1) is 11.5 Å². The average Bonchev–Trinajstić information content (AvgIpc) is 3.02. The molecule has 0 amide bonds. The minimum absolute atomic E-state index is 0.0704. The Morgan fingerprint density at radius 2 is 2.09 bits per heavy atom. The van der Waals surface area contributed by atoms with Gasteiger partial charge in [-0.2, -0.15) is 5.26 Å². The fourth-order valence-electron chi connectivity index (χ4n) is 2.71. The first-order valence-corrected chi connectivity index (χ1v) is 7.05. The molecule has 3 rings (SSSR count). The van der Waals surface area contributed by atoms with Crippen molar-refractivity contribution in [2.75, 3.05) is 0 Å². The van der Waals surface area contributed by atoms with Gasteiger partial charge in [0.2, 0.25) is 11.8 Å². The van der Waals surface area contributed by atoms with Crippen LogP contribution in [-0.2, 0) is 5.41 Å². The highest BCUT2D eigenvalue weighted by Gasteiger charge is 2.39. The summed E-state index contributed by atoms with van der Waals surface area (Å²) >= 11 is 0. The second kappa shape index (κ2) is 4.67. The van der Waals surface area contributed by atoms with E-state index in [0.29, 0.717) is 17.2 Å². The molecular formula is C16H18N4O2. The van der Waals surface area contributed by atoms with Gasteiger partial charge in [-0.3, -0.25) is 5.10 Å². The zero-order valence-electron chi connectivity index (χ0n) is 13.0. The normalized spacial score (nSPS) is 17.9. The van der Waals surface area contributed by atoms with Crippen LogP contribution in [0.2, 0.25) is 0 Å². The Hall–Kier alpha value is -2.68. The number of aryl methyl sites for hydroxylation is 1. The van der Waals surface area contributed by atoms with Crippen LogP contribution in [0.15, 0.2) is 28.0 Å². The number of H-pyrrole nitrogens is 1. The van der Waals surface area contributed by atoms with E-state index in [1.54, 1.807) is 0 Å². The first kappa shape index (κ1) is 14.3. The zero-order valence-corrected chi connectivity index (χ0v) is 13.0. The van der Waals surface area contributed by atoms with Crippen LogP contribution in [0.25, 0.3) is 0 Å². The molecule has 0 spiro atoms. The molecule has 0 unspecified atom stereocenters. The van der Waals surface area contributed by atoms with Crippen molar-refractivity contribution >= 4 is 0 Å². The lowest BCUT2D eigenvalue weighted by molar-refractivity contribution is 0.368. The topological polar surface area (TPSA) is 101 Å². The molecule has 0 fully saturated rings. The van der Waals surface area contributed by atoms with Gasteiger partial charge in [-0.25, -0.2) is 0 Å². The number of nitrogens with two attached hydrogens (primary N) is 1. The summed E-state index contributed by atoms with van der Waals surface area (Å²) in [5.74, 6) is 1.50. The Labute approximate surface area is 128 Å². The van der Waals surface area contributed by atoms with Gasteiger partial charge in [0.1, 0.15) is 23.2 Å². The van der Waals surface area contributed by atoms with Gasteiger partial charge < -0.3 is 14.9 Å². The van der Waals surface area contributed by atoms with Gasteiger partial charge in [-0.1, -0.05) is 20.8 Å². The summed E-state index contributed by atoms with van der Waals surface area (Å²) in [6.45, 7) is 8.07. The molecule has 3 heterocycles. The molecule has 6 heteroatoms. The number of nitriles is 1. The van der Waals surface area contributed by atoms with Crippen LogP contribution < -0.4 is 10.5 Å². The average molecular weight is 298 g/mol. The molecule has 1 aliphatic heterocycles. The number of aromatic nitrogens is 2. The molecule has 2 aromatic heterocycles. The predicted octanol–water partition coefficient (Wildman–Crippen LogP) is 2.83. The summed E-state index contributed by atoms with van der Waals surface area (Å²) in [6.07, 6.45) is 0. The molecule has 6 nitrogen and oxygen atoms in total. The third-order valence-corrected chi connectivity index (χ3v) is 3.73. The summed E-state index contributed by atoms with van der Waals surface area (Å²) in [7, 11) is 0. The smallest absolute Gasteiger partial charge is 0.244 e. The van der Waals surface area contributed by atoms with E-state index in [9.17, 15) is 5.26 Å². The van der Waals surface area contributed by atoms with E-state index >= 15 is 0 Å². The van der Waals surface area contributed by atoms with Crippen molar-refractivity contribution in [2.45, 2.75) is 39.0 Å². The minimum Gasteiger partial charge on any atom is -0.465 e. The van der Waals surface area contributed by atoms with Crippen molar-refractivity contribution in [3.8, 4) is 11.9 Å². The molecule has 3 N–H and O–H groups in total. The van der Waals surface area contributed by atoms with Crippen molar-refractivity contribution in [1.29, 1.82) is 5.26 Å². The van der Waals surface area contributed by atoms with Gasteiger partial charge in [-0.15, -0.1) is 5.10 Å². The molecule has 22 heavy (non-hydrogen) atoms. The van der Waals surface area contributed by atoms with E-state index in [4.69, 9.17) is 14.9 Å². The Morgan fingerprint density at radius 3 is 2.64 bits per heavy atom. The van der Waals surface area contributed by atoms with E-state index in [1.165, 1.54) is 0 Å². The standard InChI is InChI=1S/C16H18N4O2/c1-8-5-6-10(21-8)11-9(7-17)14(18)22-15-12(11)13(19-20-15)16(2,3)4/h5-6,11H,18H2,1-4H3,(H,19,20)/t11-/m1/s1. The molecule has 0 saturated carbocycles. The minimum atomic E-state index is -0.407. The molecule has 1 atom stereocenters. The van der Waals surface area contributed by atoms with Crippen LogP contribution in [0.3, 0.4) is 0 Å². The van der Waals surface area contributed by atoms with Gasteiger partial charge in [0.25, 0.3) is 0 Å². The lowest BCUT2D eigenvalue weighted by atomic mass is 9.81. The highest BCUT2D eigenvalue weighted by atomic mass is 16.5. The van der Waals surface area contributed by atoms with E-state index in [0.717, 1.165) is 17.0 Å². The SMILES string of the molecule is Cc1ccc([C@H]2C(C#N)=C(N)Oc3n[nH]c(C(C)(C)C)c32)o1. The second-order valence-corrected chi connectivity index (χ2v) is 6.44. The lowest BCUT2D eigenvalue weighted by Crippen LogP contribution is -2.23. The largest absolute Gasteiger partial charge is 0.465 e. The Balaban J connectivity index is 2.27. The van der Waals surface area contributed by atoms with Crippen molar-refractivity contribution in [3.63, 3.8) is 0 Å². The number of furan rings is 1. The first-order valence-electron chi connectivity index (χ1n) is 7.05. The predicted molar refractivity (Wildman–Crippen MR) is 80.0 cm³/mol. The fourth-order valence-corrected chi connectivity index (χ4v) is 2.71. The van der Waals surface area contributed by atoms with Crippen LogP contribution in [-0.4, -0.2) is 10.2 Å². The van der Waals surface area contributed by atoms with E-state index in [2.05, 4.69) is 37.0 Å². The third-order valence-electron chi connectivity index (χ3n) is 3.73. The maximum absolute atomic E-state index is 9.52. The molecule has 0 aliphatic carbocycles. The number of hydrogen-bond donors (Lipinski definition) is 2. The number of hydrogen-bond acceptors (Lipinski definition) is 5. The number of nitrogens with one attached hydrogen (secondary N) is 1. The molecule has 1 aliphatic rings. The summed E-state index contributed by atoms with van der Waals surface area (Å²) in [5, 5.41) is 16.7. The lowest BCUT2D eigenvalue weighted by Gasteiger charge is -2.26. The third kappa shape index (κ3) is 2.06. The molecule has 0 saturated heterocycles.